The Balaban J connectivity index is 1.47. The second-order valence-electron chi connectivity index (χ2n) is 9.17. The van der Waals surface area contributed by atoms with Gasteiger partial charge in [-0.05, 0) is 51.3 Å². The first-order valence-electron chi connectivity index (χ1n) is 11.9. The van der Waals surface area contributed by atoms with Gasteiger partial charge in [0.25, 0.3) is 5.91 Å². The molecule has 2 aromatic rings. The zero-order valence-electron chi connectivity index (χ0n) is 19.5. The van der Waals surface area contributed by atoms with Crippen LogP contribution in [-0.2, 0) is 9.47 Å². The quantitative estimate of drug-likeness (QED) is 0.607. The number of carbonyl (C=O) groups excluding carboxylic acids is 1. The van der Waals surface area contributed by atoms with Crippen LogP contribution in [0.4, 0.5) is 0 Å². The van der Waals surface area contributed by atoms with E-state index in [0.29, 0.717) is 31.0 Å². The van der Waals surface area contributed by atoms with Crippen molar-refractivity contribution in [2.45, 2.75) is 70.4 Å². The number of para-hydroxylation sites is 1. The molecule has 2 aliphatic rings. The van der Waals surface area contributed by atoms with Crippen LogP contribution >= 0.6 is 0 Å². The molecule has 0 aliphatic carbocycles. The Hall–Kier alpha value is -2.37. The normalized spacial score (nSPS) is 22.8. The van der Waals surface area contributed by atoms with Crippen LogP contribution in [-0.4, -0.2) is 48.3 Å². The van der Waals surface area contributed by atoms with Crippen molar-refractivity contribution in [1.29, 1.82) is 0 Å². The van der Waals surface area contributed by atoms with Crippen molar-refractivity contribution in [3.8, 4) is 5.75 Å². The van der Waals surface area contributed by atoms with Gasteiger partial charge in [-0.15, -0.1) is 0 Å². The van der Waals surface area contributed by atoms with Crippen LogP contribution in [0.25, 0.3) is 0 Å². The zero-order chi connectivity index (χ0) is 22.6. The van der Waals surface area contributed by atoms with Crippen molar-refractivity contribution in [3.05, 3.63) is 65.7 Å². The van der Waals surface area contributed by atoms with Gasteiger partial charge in [0.1, 0.15) is 5.75 Å². The van der Waals surface area contributed by atoms with E-state index in [2.05, 4.69) is 31.2 Å². The van der Waals surface area contributed by atoms with E-state index >= 15 is 0 Å². The number of rotatable bonds is 6. The van der Waals surface area contributed by atoms with Gasteiger partial charge in [0.2, 0.25) is 0 Å². The van der Waals surface area contributed by atoms with Crippen LogP contribution in [0.5, 0.6) is 5.75 Å². The molecule has 0 N–H and O–H groups in total. The molecular weight excluding hydrogens is 402 g/mol. The molecule has 2 aromatic carbocycles. The lowest BCUT2D eigenvalue weighted by molar-refractivity contribution is -0.190. The number of piperidine rings is 1. The van der Waals surface area contributed by atoms with E-state index < -0.39 is 0 Å². The van der Waals surface area contributed by atoms with Crippen molar-refractivity contribution in [2.24, 2.45) is 0 Å². The molecule has 32 heavy (non-hydrogen) atoms. The monoisotopic (exact) mass is 437 g/mol. The summed E-state index contributed by atoms with van der Waals surface area (Å²) in [6, 6.07) is 18.0. The Morgan fingerprint density at radius 2 is 1.78 bits per heavy atom. The number of carbonyl (C=O) groups is 1. The number of benzene rings is 2. The Morgan fingerprint density at radius 1 is 1.09 bits per heavy atom. The Labute approximate surface area is 191 Å². The smallest absolute Gasteiger partial charge is 0.257 e. The van der Waals surface area contributed by atoms with E-state index in [-0.39, 0.29) is 29.8 Å². The highest BCUT2D eigenvalue weighted by Gasteiger charge is 2.45. The summed E-state index contributed by atoms with van der Waals surface area (Å²) in [6.45, 7) is 8.07. The third-order valence-electron chi connectivity index (χ3n) is 6.48. The Morgan fingerprint density at radius 3 is 2.47 bits per heavy atom. The fraction of sp³-hybridized carbons (Fsp3) is 0.519. The maximum atomic E-state index is 13.3. The van der Waals surface area contributed by atoms with Crippen LogP contribution in [0.15, 0.2) is 54.6 Å². The van der Waals surface area contributed by atoms with Gasteiger partial charge in [0, 0.05) is 32.5 Å². The average Bonchev–Trinajstić information content (AvgIpc) is 2.80. The number of ether oxygens (including phenoxy) is 3. The molecule has 2 atom stereocenters. The van der Waals surface area contributed by atoms with E-state index in [9.17, 15) is 4.79 Å². The van der Waals surface area contributed by atoms with Gasteiger partial charge in [-0.1, -0.05) is 42.5 Å². The lowest BCUT2D eigenvalue weighted by Crippen LogP contribution is -2.52. The minimum absolute atomic E-state index is 0.0228. The molecule has 5 nitrogen and oxygen atoms in total. The summed E-state index contributed by atoms with van der Waals surface area (Å²) in [4.78, 5) is 15.2. The molecule has 2 fully saturated rings. The first kappa shape index (κ1) is 22.8. The summed E-state index contributed by atoms with van der Waals surface area (Å²) >= 11 is 0. The molecule has 1 spiro atoms. The molecule has 5 heteroatoms. The zero-order valence-corrected chi connectivity index (χ0v) is 19.5. The second kappa shape index (κ2) is 10.1. The van der Waals surface area contributed by atoms with Gasteiger partial charge in [-0.25, -0.2) is 0 Å². The average molecular weight is 438 g/mol. The molecule has 2 aliphatic heterocycles. The fourth-order valence-electron chi connectivity index (χ4n) is 4.98. The summed E-state index contributed by atoms with van der Waals surface area (Å²) < 4.78 is 18.7. The molecule has 0 bridgehead atoms. The predicted octanol–water partition coefficient (Wildman–Crippen LogP) is 5.41. The second-order valence-corrected chi connectivity index (χ2v) is 9.17. The fourth-order valence-corrected chi connectivity index (χ4v) is 4.98. The van der Waals surface area contributed by atoms with E-state index in [0.717, 1.165) is 25.7 Å². The molecule has 2 heterocycles. The maximum Gasteiger partial charge on any atom is 0.257 e. The third kappa shape index (κ3) is 5.16. The van der Waals surface area contributed by atoms with Gasteiger partial charge in [-0.2, -0.15) is 0 Å². The molecule has 2 saturated heterocycles. The van der Waals surface area contributed by atoms with E-state index in [1.807, 2.05) is 49.1 Å². The number of nitrogens with zero attached hydrogens (tertiary/aromatic N) is 1. The molecule has 0 saturated carbocycles. The SMILES string of the molecule is CCO[C@H]1C[C@@H](c2ccccc2)OC2(CCN(C(=O)c3ccccc3OC(C)C)CC2)C1. The van der Waals surface area contributed by atoms with E-state index in [4.69, 9.17) is 14.2 Å². The number of hydrogen-bond acceptors (Lipinski definition) is 4. The highest BCUT2D eigenvalue weighted by atomic mass is 16.5. The topological polar surface area (TPSA) is 48.0 Å². The largest absolute Gasteiger partial charge is 0.490 e. The molecule has 0 unspecified atom stereocenters. The van der Waals surface area contributed by atoms with Gasteiger partial charge >= 0.3 is 0 Å². The highest BCUT2D eigenvalue weighted by Crippen LogP contribution is 2.44. The van der Waals surface area contributed by atoms with Crippen LogP contribution in [0.3, 0.4) is 0 Å². The lowest BCUT2D eigenvalue weighted by Gasteiger charge is -2.48. The van der Waals surface area contributed by atoms with Gasteiger partial charge in [-0.3, -0.25) is 4.79 Å². The lowest BCUT2D eigenvalue weighted by atomic mass is 9.80. The minimum atomic E-state index is -0.247. The molecule has 1 amide bonds. The van der Waals surface area contributed by atoms with Crippen LogP contribution in [0.2, 0.25) is 0 Å². The molecule has 0 aromatic heterocycles. The maximum absolute atomic E-state index is 13.3. The number of likely N-dealkylation sites (tertiary alicyclic amines) is 1. The summed E-state index contributed by atoms with van der Waals surface area (Å²) in [7, 11) is 0. The van der Waals surface area contributed by atoms with Crippen LogP contribution in [0, 0.1) is 0 Å². The van der Waals surface area contributed by atoms with Gasteiger partial charge in [0.15, 0.2) is 0 Å². The summed E-state index contributed by atoms with van der Waals surface area (Å²) in [5, 5.41) is 0. The Kier molecular flexibility index (Phi) is 7.17. The standard InChI is InChI=1S/C27H35NO4/c1-4-30-22-18-25(21-10-6-5-7-11-21)32-27(19-22)14-16-28(17-15-27)26(29)23-12-8-9-13-24(23)31-20(2)3/h5-13,20,22,25H,4,14-19H2,1-3H3/t22-,25-/m0/s1. The summed E-state index contributed by atoms with van der Waals surface area (Å²) in [5.74, 6) is 0.690. The first-order chi connectivity index (χ1) is 15.5. The first-order valence-corrected chi connectivity index (χ1v) is 11.9. The molecular formula is C27H35NO4. The summed E-state index contributed by atoms with van der Waals surface area (Å²) in [6.07, 6.45) is 3.64. The summed E-state index contributed by atoms with van der Waals surface area (Å²) in [5.41, 5.74) is 1.59. The van der Waals surface area contributed by atoms with Crippen molar-refractivity contribution in [1.82, 2.24) is 4.90 Å². The van der Waals surface area contributed by atoms with E-state index in [1.54, 1.807) is 0 Å². The van der Waals surface area contributed by atoms with Crippen molar-refractivity contribution < 1.29 is 19.0 Å². The Bertz CT molecular complexity index is 890. The van der Waals surface area contributed by atoms with E-state index in [1.165, 1.54) is 5.56 Å². The van der Waals surface area contributed by atoms with Crippen molar-refractivity contribution in [3.63, 3.8) is 0 Å². The van der Waals surface area contributed by atoms with Crippen LogP contribution < -0.4 is 4.74 Å². The number of hydrogen-bond donors (Lipinski definition) is 0. The molecule has 172 valence electrons. The van der Waals surface area contributed by atoms with Crippen molar-refractivity contribution in [2.75, 3.05) is 19.7 Å². The number of amides is 1. The molecule has 0 radical (unpaired) electrons. The van der Waals surface area contributed by atoms with Gasteiger partial charge < -0.3 is 19.1 Å². The highest BCUT2D eigenvalue weighted by molar-refractivity contribution is 5.97. The predicted molar refractivity (Wildman–Crippen MR) is 125 cm³/mol. The third-order valence-corrected chi connectivity index (χ3v) is 6.48. The van der Waals surface area contributed by atoms with Crippen LogP contribution in [0.1, 0.15) is 68.5 Å². The van der Waals surface area contributed by atoms with Gasteiger partial charge in [0.05, 0.1) is 29.5 Å². The van der Waals surface area contributed by atoms with Crippen molar-refractivity contribution >= 4 is 5.91 Å². The minimum Gasteiger partial charge on any atom is -0.490 e. The molecule has 4 rings (SSSR count).